The van der Waals surface area contributed by atoms with Crippen molar-refractivity contribution in [2.75, 3.05) is 28.5 Å². The summed E-state index contributed by atoms with van der Waals surface area (Å²) in [5, 5.41) is 8.13. The molecule has 0 spiro atoms. The number of hydrogen-bond acceptors (Lipinski definition) is 5. The van der Waals surface area contributed by atoms with Gasteiger partial charge < -0.3 is 4.90 Å². The van der Waals surface area contributed by atoms with E-state index in [1.807, 2.05) is 13.0 Å². The van der Waals surface area contributed by atoms with E-state index in [0.717, 1.165) is 44.1 Å². The first-order valence-electron chi connectivity index (χ1n) is 7.59. The maximum absolute atomic E-state index is 11.8. The molecule has 1 N–H and O–H groups in total. The number of anilines is 2. The standard InChI is InChI=1S/C14H24N4O2S/c1-3-4-11-21(19,20)17-13-5-6-14(16-15-13)18-9-7-12(2)8-10-18/h5-6,12H,3-4,7-11H2,1-2H3,(H,15,17). The van der Waals surface area contributed by atoms with Crippen LogP contribution in [0.3, 0.4) is 0 Å². The number of piperidine rings is 1. The van der Waals surface area contributed by atoms with Crippen molar-refractivity contribution in [3.05, 3.63) is 12.1 Å². The van der Waals surface area contributed by atoms with Crippen molar-refractivity contribution in [1.82, 2.24) is 10.2 Å². The fourth-order valence-corrected chi connectivity index (χ4v) is 3.53. The highest BCUT2D eigenvalue weighted by atomic mass is 32.2. The zero-order chi connectivity index (χ0) is 15.3. The fourth-order valence-electron chi connectivity index (χ4n) is 2.33. The van der Waals surface area contributed by atoms with Crippen LogP contribution in [0.25, 0.3) is 0 Å². The summed E-state index contributed by atoms with van der Waals surface area (Å²) in [6, 6.07) is 3.52. The summed E-state index contributed by atoms with van der Waals surface area (Å²) < 4.78 is 26.1. The van der Waals surface area contributed by atoms with Crippen LogP contribution >= 0.6 is 0 Å². The van der Waals surface area contributed by atoms with Crippen molar-refractivity contribution < 1.29 is 8.42 Å². The van der Waals surface area contributed by atoms with E-state index in [9.17, 15) is 8.42 Å². The van der Waals surface area contributed by atoms with E-state index in [0.29, 0.717) is 12.2 Å². The molecule has 0 aromatic carbocycles. The first-order valence-corrected chi connectivity index (χ1v) is 9.24. The summed E-state index contributed by atoms with van der Waals surface area (Å²) in [6.07, 6.45) is 3.81. The van der Waals surface area contributed by atoms with Gasteiger partial charge in [-0.1, -0.05) is 20.3 Å². The van der Waals surface area contributed by atoms with Crippen LogP contribution < -0.4 is 9.62 Å². The third-order valence-corrected chi connectivity index (χ3v) is 5.13. The molecule has 0 radical (unpaired) electrons. The van der Waals surface area contributed by atoms with E-state index in [-0.39, 0.29) is 5.75 Å². The lowest BCUT2D eigenvalue weighted by Crippen LogP contribution is -2.33. The van der Waals surface area contributed by atoms with Crippen molar-refractivity contribution in [2.45, 2.75) is 39.5 Å². The average molecular weight is 312 g/mol. The third kappa shape index (κ3) is 4.84. The second-order valence-electron chi connectivity index (χ2n) is 5.72. The Bertz CT molecular complexity index is 537. The van der Waals surface area contributed by atoms with Crippen molar-refractivity contribution in [2.24, 2.45) is 5.92 Å². The van der Waals surface area contributed by atoms with Crippen LogP contribution in [0, 0.1) is 5.92 Å². The summed E-state index contributed by atoms with van der Waals surface area (Å²) in [5.74, 6) is 1.99. The molecule has 1 aromatic rings. The molecule has 2 rings (SSSR count). The van der Waals surface area contributed by atoms with E-state index in [2.05, 4.69) is 26.7 Å². The molecule has 2 heterocycles. The minimum atomic E-state index is -3.31. The summed E-state index contributed by atoms with van der Waals surface area (Å²) in [6.45, 7) is 6.19. The summed E-state index contributed by atoms with van der Waals surface area (Å²) in [5.41, 5.74) is 0. The molecule has 21 heavy (non-hydrogen) atoms. The Hall–Kier alpha value is -1.37. The number of unbranched alkanes of at least 4 members (excludes halogenated alkanes) is 1. The van der Waals surface area contributed by atoms with Crippen LogP contribution in [0.4, 0.5) is 11.6 Å². The minimum absolute atomic E-state index is 0.122. The molecule has 1 saturated heterocycles. The smallest absolute Gasteiger partial charge is 0.233 e. The number of rotatable bonds is 6. The molecular weight excluding hydrogens is 288 g/mol. The number of aromatic nitrogens is 2. The van der Waals surface area contributed by atoms with Crippen molar-refractivity contribution in [3.8, 4) is 0 Å². The SMILES string of the molecule is CCCCS(=O)(=O)Nc1ccc(N2CCC(C)CC2)nn1. The Kier molecular flexibility index (Phi) is 5.39. The maximum atomic E-state index is 11.8. The molecule has 0 amide bonds. The van der Waals surface area contributed by atoms with E-state index < -0.39 is 10.0 Å². The van der Waals surface area contributed by atoms with E-state index in [1.165, 1.54) is 0 Å². The van der Waals surface area contributed by atoms with Gasteiger partial charge in [-0.2, -0.15) is 0 Å². The van der Waals surface area contributed by atoms with Gasteiger partial charge in [0.2, 0.25) is 10.0 Å². The van der Waals surface area contributed by atoms with Gasteiger partial charge in [0, 0.05) is 13.1 Å². The second kappa shape index (κ2) is 7.06. The zero-order valence-electron chi connectivity index (χ0n) is 12.7. The molecule has 0 unspecified atom stereocenters. The number of hydrogen-bond donors (Lipinski definition) is 1. The van der Waals surface area contributed by atoms with Gasteiger partial charge in [0.1, 0.15) is 0 Å². The van der Waals surface area contributed by atoms with Gasteiger partial charge in [0.25, 0.3) is 0 Å². The van der Waals surface area contributed by atoms with Crippen LogP contribution in [0.5, 0.6) is 0 Å². The quantitative estimate of drug-likeness (QED) is 0.872. The lowest BCUT2D eigenvalue weighted by Gasteiger charge is -2.30. The van der Waals surface area contributed by atoms with Gasteiger partial charge in [0.15, 0.2) is 11.6 Å². The van der Waals surface area contributed by atoms with Gasteiger partial charge >= 0.3 is 0 Å². The molecule has 1 aliphatic heterocycles. The monoisotopic (exact) mass is 312 g/mol. The van der Waals surface area contributed by atoms with Crippen LogP contribution in [-0.4, -0.2) is 37.5 Å². The summed E-state index contributed by atoms with van der Waals surface area (Å²) >= 11 is 0. The van der Waals surface area contributed by atoms with Gasteiger partial charge in [-0.25, -0.2) is 8.42 Å². The highest BCUT2D eigenvalue weighted by Gasteiger charge is 2.17. The van der Waals surface area contributed by atoms with Crippen molar-refractivity contribution >= 4 is 21.7 Å². The number of sulfonamides is 1. The summed E-state index contributed by atoms with van der Waals surface area (Å²) in [7, 11) is -3.31. The van der Waals surface area contributed by atoms with Crippen LogP contribution in [0.1, 0.15) is 39.5 Å². The molecule has 0 atom stereocenters. The van der Waals surface area contributed by atoms with Gasteiger partial charge in [-0.3, -0.25) is 4.72 Å². The first kappa shape index (κ1) is 16.0. The number of nitrogens with one attached hydrogen (secondary N) is 1. The fraction of sp³-hybridized carbons (Fsp3) is 0.714. The average Bonchev–Trinajstić information content (AvgIpc) is 2.47. The molecule has 6 nitrogen and oxygen atoms in total. The van der Waals surface area contributed by atoms with Crippen LogP contribution in [0.2, 0.25) is 0 Å². The molecule has 1 aliphatic rings. The van der Waals surface area contributed by atoms with Gasteiger partial charge in [0.05, 0.1) is 5.75 Å². The Morgan fingerprint density at radius 2 is 2.00 bits per heavy atom. The van der Waals surface area contributed by atoms with Crippen molar-refractivity contribution in [1.29, 1.82) is 0 Å². The molecule has 7 heteroatoms. The molecule has 0 saturated carbocycles. The van der Waals surface area contributed by atoms with Gasteiger partial charge in [-0.05, 0) is 37.3 Å². The molecule has 1 aromatic heterocycles. The van der Waals surface area contributed by atoms with Crippen LogP contribution in [0.15, 0.2) is 12.1 Å². The van der Waals surface area contributed by atoms with E-state index in [4.69, 9.17) is 0 Å². The lowest BCUT2D eigenvalue weighted by atomic mass is 9.99. The number of nitrogens with zero attached hydrogens (tertiary/aromatic N) is 3. The normalized spacial score (nSPS) is 17.0. The highest BCUT2D eigenvalue weighted by molar-refractivity contribution is 7.92. The van der Waals surface area contributed by atoms with E-state index in [1.54, 1.807) is 6.07 Å². The van der Waals surface area contributed by atoms with Crippen molar-refractivity contribution in [3.63, 3.8) is 0 Å². The topological polar surface area (TPSA) is 75.2 Å². The predicted octanol–water partition coefficient (Wildman–Crippen LogP) is 2.25. The molecular formula is C14H24N4O2S. The Morgan fingerprint density at radius 3 is 2.57 bits per heavy atom. The Balaban J connectivity index is 1.96. The highest BCUT2D eigenvalue weighted by Crippen LogP contribution is 2.21. The lowest BCUT2D eigenvalue weighted by molar-refractivity contribution is 0.436. The Labute approximate surface area is 127 Å². The van der Waals surface area contributed by atoms with E-state index >= 15 is 0 Å². The zero-order valence-corrected chi connectivity index (χ0v) is 13.6. The summed E-state index contributed by atoms with van der Waals surface area (Å²) in [4.78, 5) is 2.20. The second-order valence-corrected chi connectivity index (χ2v) is 7.56. The minimum Gasteiger partial charge on any atom is -0.355 e. The van der Waals surface area contributed by atoms with Crippen LogP contribution in [-0.2, 0) is 10.0 Å². The maximum Gasteiger partial charge on any atom is 0.233 e. The van der Waals surface area contributed by atoms with Gasteiger partial charge in [-0.15, -0.1) is 10.2 Å². The first-order chi connectivity index (χ1) is 10.00. The molecule has 0 bridgehead atoms. The largest absolute Gasteiger partial charge is 0.355 e. The predicted molar refractivity (Wildman–Crippen MR) is 85.0 cm³/mol. The molecule has 1 fully saturated rings. The molecule has 0 aliphatic carbocycles. The third-order valence-electron chi connectivity index (χ3n) is 3.78. The molecule has 118 valence electrons. The Morgan fingerprint density at radius 1 is 1.29 bits per heavy atom.